The largest absolute Gasteiger partial charge is 0.365 e. The second-order valence-corrected chi connectivity index (χ2v) is 7.63. The summed E-state index contributed by atoms with van der Waals surface area (Å²) in [6, 6.07) is 6.10. The van der Waals surface area contributed by atoms with Crippen molar-refractivity contribution in [1.29, 1.82) is 0 Å². The fraction of sp³-hybridized carbons (Fsp3) is 0.333. The molecule has 0 amide bonds. The molecule has 18 heavy (non-hydrogen) atoms. The van der Waals surface area contributed by atoms with Crippen molar-refractivity contribution in [1.82, 2.24) is 9.97 Å². The van der Waals surface area contributed by atoms with Gasteiger partial charge in [0, 0.05) is 16.9 Å². The molecule has 0 saturated heterocycles. The highest BCUT2D eigenvalue weighted by Gasteiger charge is 2.27. The van der Waals surface area contributed by atoms with E-state index < -0.39 is 0 Å². The molecule has 2 aromatic heterocycles. The fourth-order valence-electron chi connectivity index (χ4n) is 1.67. The monoisotopic (exact) mass is 387 g/mol. The first-order chi connectivity index (χ1) is 8.70. The number of nitrogens with one attached hydrogen (secondary N) is 1. The molecule has 0 unspecified atom stereocenters. The Balaban J connectivity index is 1.71. The minimum absolute atomic E-state index is 0.568. The zero-order chi connectivity index (χ0) is 12.5. The number of thiophene rings is 1. The van der Waals surface area contributed by atoms with Crippen LogP contribution in [-0.2, 0) is 6.54 Å². The molecule has 0 bridgehead atoms. The minimum Gasteiger partial charge on any atom is -0.365 e. The smallest absolute Gasteiger partial charge is 0.135 e. The Morgan fingerprint density at radius 1 is 1.28 bits per heavy atom. The van der Waals surface area contributed by atoms with Crippen molar-refractivity contribution in [2.45, 2.75) is 25.3 Å². The molecule has 94 valence electrons. The first kappa shape index (κ1) is 12.6. The van der Waals surface area contributed by atoms with Gasteiger partial charge in [0.05, 0.1) is 10.3 Å². The van der Waals surface area contributed by atoms with E-state index in [1.807, 2.05) is 6.07 Å². The van der Waals surface area contributed by atoms with E-state index in [1.54, 1.807) is 11.3 Å². The number of anilines is 1. The lowest BCUT2D eigenvalue weighted by molar-refractivity contribution is 0.911. The zero-order valence-corrected chi connectivity index (χ0v) is 13.5. The number of halogens is 2. The van der Waals surface area contributed by atoms with Crippen LogP contribution in [-0.4, -0.2) is 9.97 Å². The Morgan fingerprint density at radius 3 is 2.78 bits per heavy atom. The summed E-state index contributed by atoms with van der Waals surface area (Å²) in [7, 11) is 0. The highest BCUT2D eigenvalue weighted by atomic mass is 79.9. The highest BCUT2D eigenvalue weighted by Crippen LogP contribution is 2.38. The van der Waals surface area contributed by atoms with Crippen LogP contribution in [0.15, 0.2) is 26.6 Å². The maximum atomic E-state index is 4.56. The van der Waals surface area contributed by atoms with Crippen LogP contribution in [0.25, 0.3) is 0 Å². The van der Waals surface area contributed by atoms with Gasteiger partial charge in [0.15, 0.2) is 0 Å². The molecule has 0 aliphatic heterocycles. The van der Waals surface area contributed by atoms with Crippen molar-refractivity contribution >= 4 is 49.0 Å². The van der Waals surface area contributed by atoms with Gasteiger partial charge in [-0.2, -0.15) is 0 Å². The van der Waals surface area contributed by atoms with E-state index in [9.17, 15) is 0 Å². The van der Waals surface area contributed by atoms with Gasteiger partial charge in [0.25, 0.3) is 0 Å². The molecule has 3 rings (SSSR count). The quantitative estimate of drug-likeness (QED) is 0.780. The average molecular weight is 389 g/mol. The molecule has 2 heterocycles. The van der Waals surface area contributed by atoms with Gasteiger partial charge in [-0.25, -0.2) is 9.97 Å². The molecule has 0 aromatic carbocycles. The molecule has 1 fully saturated rings. The molecule has 0 radical (unpaired) electrons. The molecule has 0 atom stereocenters. The van der Waals surface area contributed by atoms with Crippen LogP contribution in [0.1, 0.15) is 29.5 Å². The Bertz CT molecular complexity index is 566. The van der Waals surface area contributed by atoms with E-state index >= 15 is 0 Å². The van der Waals surface area contributed by atoms with Gasteiger partial charge in [-0.05, 0) is 56.8 Å². The second-order valence-electron chi connectivity index (χ2n) is 4.27. The van der Waals surface area contributed by atoms with Gasteiger partial charge in [0.2, 0.25) is 0 Å². The van der Waals surface area contributed by atoms with Gasteiger partial charge in [-0.3, -0.25) is 0 Å². The third-order valence-electron chi connectivity index (χ3n) is 2.73. The maximum absolute atomic E-state index is 4.56. The van der Waals surface area contributed by atoms with Crippen LogP contribution in [0.4, 0.5) is 5.82 Å². The van der Waals surface area contributed by atoms with Crippen LogP contribution in [0.3, 0.4) is 0 Å². The Morgan fingerprint density at radius 2 is 2.11 bits per heavy atom. The van der Waals surface area contributed by atoms with Crippen molar-refractivity contribution in [3.63, 3.8) is 0 Å². The zero-order valence-electron chi connectivity index (χ0n) is 9.49. The molecular weight excluding hydrogens is 378 g/mol. The van der Waals surface area contributed by atoms with Crippen molar-refractivity contribution in [3.8, 4) is 0 Å². The van der Waals surface area contributed by atoms with Crippen LogP contribution in [0.2, 0.25) is 0 Å². The lowest BCUT2D eigenvalue weighted by Gasteiger charge is -2.06. The fourth-order valence-corrected chi connectivity index (χ4v) is 3.50. The van der Waals surface area contributed by atoms with Crippen LogP contribution in [0.5, 0.6) is 0 Å². The summed E-state index contributed by atoms with van der Waals surface area (Å²) in [5.74, 6) is 2.42. The normalized spacial score (nSPS) is 14.8. The average Bonchev–Trinajstić information content (AvgIpc) is 3.10. The van der Waals surface area contributed by atoms with E-state index in [1.165, 1.54) is 17.7 Å². The van der Waals surface area contributed by atoms with Gasteiger partial charge >= 0.3 is 0 Å². The number of hydrogen-bond acceptors (Lipinski definition) is 4. The van der Waals surface area contributed by atoms with Gasteiger partial charge < -0.3 is 5.32 Å². The van der Waals surface area contributed by atoms with Crippen molar-refractivity contribution in [2.24, 2.45) is 0 Å². The van der Waals surface area contributed by atoms with E-state index in [0.29, 0.717) is 5.92 Å². The van der Waals surface area contributed by atoms with Crippen molar-refractivity contribution in [3.05, 3.63) is 37.3 Å². The molecule has 1 aliphatic rings. The van der Waals surface area contributed by atoms with Crippen molar-refractivity contribution < 1.29 is 0 Å². The second kappa shape index (κ2) is 5.27. The van der Waals surface area contributed by atoms with Gasteiger partial charge in [-0.1, -0.05) is 0 Å². The summed E-state index contributed by atoms with van der Waals surface area (Å²) in [6.07, 6.45) is 2.43. The summed E-state index contributed by atoms with van der Waals surface area (Å²) < 4.78 is 2.01. The van der Waals surface area contributed by atoms with Crippen LogP contribution >= 0.6 is 43.2 Å². The first-order valence-electron chi connectivity index (χ1n) is 5.73. The molecule has 1 aliphatic carbocycles. The van der Waals surface area contributed by atoms with Crippen LogP contribution < -0.4 is 5.32 Å². The molecule has 0 spiro atoms. The molecule has 1 N–H and O–H groups in total. The van der Waals surface area contributed by atoms with Gasteiger partial charge in [-0.15, -0.1) is 11.3 Å². The highest BCUT2D eigenvalue weighted by molar-refractivity contribution is 9.11. The molecule has 3 nitrogen and oxygen atoms in total. The summed E-state index contributed by atoms with van der Waals surface area (Å²) in [4.78, 5) is 10.3. The predicted molar refractivity (Wildman–Crippen MR) is 81.1 cm³/mol. The number of nitrogens with zero attached hydrogens (tertiary/aromatic N) is 2. The molecule has 2 aromatic rings. The maximum Gasteiger partial charge on any atom is 0.135 e. The number of aromatic nitrogens is 2. The SMILES string of the molecule is Brc1cc(NCc2ccc(Br)s2)nc(C2CC2)n1. The number of rotatable bonds is 4. The molecule has 6 heteroatoms. The number of hydrogen-bond donors (Lipinski definition) is 1. The Labute approximate surface area is 126 Å². The third-order valence-corrected chi connectivity index (χ3v) is 4.76. The van der Waals surface area contributed by atoms with Crippen LogP contribution in [0, 0.1) is 0 Å². The predicted octanol–water partition coefficient (Wildman–Crippen LogP) is 4.55. The molecular formula is C12H11Br2N3S. The Hall–Kier alpha value is -0.460. The Kier molecular flexibility index (Phi) is 3.68. The molecule has 1 saturated carbocycles. The minimum atomic E-state index is 0.568. The summed E-state index contributed by atoms with van der Waals surface area (Å²) >= 11 is 8.64. The first-order valence-corrected chi connectivity index (χ1v) is 8.13. The summed E-state index contributed by atoms with van der Waals surface area (Å²) in [6.45, 7) is 0.795. The lowest BCUT2D eigenvalue weighted by Crippen LogP contribution is -2.03. The van der Waals surface area contributed by atoms with Crippen molar-refractivity contribution in [2.75, 3.05) is 5.32 Å². The van der Waals surface area contributed by atoms with E-state index in [-0.39, 0.29) is 0 Å². The summed E-state index contributed by atoms with van der Waals surface area (Å²) in [5, 5.41) is 3.35. The topological polar surface area (TPSA) is 37.8 Å². The van der Waals surface area contributed by atoms with Gasteiger partial charge in [0.1, 0.15) is 16.2 Å². The van der Waals surface area contributed by atoms with E-state index in [2.05, 4.69) is 59.3 Å². The van der Waals surface area contributed by atoms with E-state index in [0.717, 1.165) is 26.6 Å². The standard InChI is InChI=1S/C12H11Br2N3S/c13-9-5-11(17-12(16-9)7-1-2-7)15-6-8-3-4-10(14)18-8/h3-5,7H,1-2,6H2,(H,15,16,17). The van der Waals surface area contributed by atoms with E-state index in [4.69, 9.17) is 0 Å². The lowest BCUT2D eigenvalue weighted by atomic mass is 10.4. The summed E-state index contributed by atoms with van der Waals surface area (Å²) in [5.41, 5.74) is 0. The third kappa shape index (κ3) is 3.10.